The van der Waals surface area contributed by atoms with E-state index in [0.29, 0.717) is 13.2 Å². The number of ether oxygens (including phenoxy) is 2. The van der Waals surface area contributed by atoms with Gasteiger partial charge in [0.2, 0.25) is 0 Å². The van der Waals surface area contributed by atoms with Crippen LogP contribution in [0.4, 0.5) is 0 Å². The molecule has 0 unspecified atom stereocenters. The van der Waals surface area contributed by atoms with Gasteiger partial charge in [0.1, 0.15) is 13.2 Å². The number of para-hydroxylation sites is 1. The normalized spacial score (nSPS) is 19.8. The van der Waals surface area contributed by atoms with Crippen LogP contribution in [0.15, 0.2) is 18.2 Å². The van der Waals surface area contributed by atoms with Crippen LogP contribution in [0.5, 0.6) is 11.5 Å². The van der Waals surface area contributed by atoms with E-state index in [2.05, 4.69) is 30.1 Å². The van der Waals surface area contributed by atoms with E-state index in [4.69, 9.17) is 9.47 Å². The van der Waals surface area contributed by atoms with Crippen molar-refractivity contribution in [2.45, 2.75) is 19.9 Å². The van der Waals surface area contributed by atoms with Crippen LogP contribution in [0.1, 0.15) is 25.5 Å². The van der Waals surface area contributed by atoms with Crippen molar-refractivity contribution in [1.82, 2.24) is 10.2 Å². The lowest BCUT2D eigenvalue weighted by atomic mass is 9.79. The Morgan fingerprint density at radius 3 is 2.61 bits per heavy atom. The van der Waals surface area contributed by atoms with Crippen molar-refractivity contribution in [3.63, 3.8) is 0 Å². The number of fused-ring (bicyclic) bond motifs is 1. The van der Waals surface area contributed by atoms with Crippen molar-refractivity contribution in [3.05, 3.63) is 23.8 Å². The van der Waals surface area contributed by atoms with E-state index in [1.54, 1.807) is 0 Å². The molecule has 1 saturated heterocycles. The number of aliphatic hydroxyl groups is 1. The van der Waals surface area contributed by atoms with Crippen LogP contribution >= 0.6 is 12.4 Å². The Morgan fingerprint density at radius 2 is 1.91 bits per heavy atom. The first-order valence-corrected chi connectivity index (χ1v) is 8.07. The Labute approximate surface area is 144 Å². The van der Waals surface area contributed by atoms with Gasteiger partial charge in [-0.15, -0.1) is 12.4 Å². The summed E-state index contributed by atoms with van der Waals surface area (Å²) in [4.78, 5) is 2.44. The fraction of sp³-hybridized carbons (Fsp3) is 0.647. The van der Waals surface area contributed by atoms with E-state index < -0.39 is 0 Å². The van der Waals surface area contributed by atoms with E-state index in [1.165, 1.54) is 0 Å². The van der Waals surface area contributed by atoms with Gasteiger partial charge in [-0.3, -0.25) is 4.90 Å². The maximum Gasteiger partial charge on any atom is 0.166 e. The number of hydrogen-bond acceptors (Lipinski definition) is 5. The van der Waals surface area contributed by atoms with Crippen LogP contribution in [0.25, 0.3) is 0 Å². The van der Waals surface area contributed by atoms with Crippen LogP contribution in [0.3, 0.4) is 0 Å². The zero-order valence-electron chi connectivity index (χ0n) is 13.9. The highest BCUT2D eigenvalue weighted by Gasteiger charge is 2.38. The molecular weight excluding hydrogens is 316 g/mol. The van der Waals surface area contributed by atoms with Crippen LogP contribution in [0, 0.1) is 5.41 Å². The van der Waals surface area contributed by atoms with Gasteiger partial charge >= 0.3 is 0 Å². The van der Waals surface area contributed by atoms with Gasteiger partial charge in [0.15, 0.2) is 11.5 Å². The van der Waals surface area contributed by atoms with Crippen molar-refractivity contribution >= 4 is 12.4 Å². The Morgan fingerprint density at radius 1 is 1.22 bits per heavy atom. The summed E-state index contributed by atoms with van der Waals surface area (Å²) in [7, 11) is 0. The van der Waals surface area contributed by atoms with Gasteiger partial charge in [-0.2, -0.15) is 0 Å². The molecule has 0 bridgehead atoms. The highest BCUT2D eigenvalue weighted by molar-refractivity contribution is 5.85. The van der Waals surface area contributed by atoms with E-state index in [9.17, 15) is 5.11 Å². The standard InChI is InChI=1S/C17H26N2O3.ClH/c1-17(2,12-20)16(19-8-6-18-7-9-19)13-4-3-5-14-15(13)22-11-10-21-14;/h3-5,16,18,20H,6-12H2,1-2H3;1H/t16-;/m1./s1. The zero-order chi connectivity index (χ0) is 15.6. The Balaban J connectivity index is 0.00000192. The molecule has 0 radical (unpaired) electrons. The molecule has 1 fully saturated rings. The number of aliphatic hydroxyl groups excluding tert-OH is 1. The second-order valence-electron chi connectivity index (χ2n) is 6.71. The van der Waals surface area contributed by atoms with Crippen LogP contribution in [-0.4, -0.2) is 56.0 Å². The summed E-state index contributed by atoms with van der Waals surface area (Å²) in [5, 5.41) is 13.3. The number of rotatable bonds is 4. The number of nitrogens with zero attached hydrogens (tertiary/aromatic N) is 1. The molecule has 0 spiro atoms. The first kappa shape index (κ1) is 18.3. The van der Waals surface area contributed by atoms with Gasteiger partial charge in [0.25, 0.3) is 0 Å². The molecular formula is C17H27ClN2O3. The summed E-state index contributed by atoms with van der Waals surface area (Å²) in [6.45, 7) is 9.43. The summed E-state index contributed by atoms with van der Waals surface area (Å²) in [5.41, 5.74) is 0.867. The predicted molar refractivity (Wildman–Crippen MR) is 92.7 cm³/mol. The number of halogens is 1. The second-order valence-corrected chi connectivity index (χ2v) is 6.71. The van der Waals surface area contributed by atoms with Crippen molar-refractivity contribution < 1.29 is 14.6 Å². The molecule has 6 heteroatoms. The summed E-state index contributed by atoms with van der Waals surface area (Å²) in [6.07, 6.45) is 0. The van der Waals surface area contributed by atoms with Crippen molar-refractivity contribution in [2.24, 2.45) is 5.41 Å². The first-order valence-electron chi connectivity index (χ1n) is 8.07. The van der Waals surface area contributed by atoms with Crippen molar-refractivity contribution in [2.75, 3.05) is 46.0 Å². The Hall–Kier alpha value is -1.01. The highest BCUT2D eigenvalue weighted by Crippen LogP contribution is 2.46. The maximum atomic E-state index is 9.95. The summed E-state index contributed by atoms with van der Waals surface area (Å²) >= 11 is 0. The molecule has 0 amide bonds. The number of nitrogens with one attached hydrogen (secondary N) is 1. The van der Waals surface area contributed by atoms with Crippen molar-refractivity contribution in [3.8, 4) is 11.5 Å². The Kier molecular flexibility index (Phi) is 6.14. The maximum absolute atomic E-state index is 9.95. The monoisotopic (exact) mass is 342 g/mol. The first-order chi connectivity index (χ1) is 10.6. The Bertz CT molecular complexity index is 519. The lowest BCUT2D eigenvalue weighted by molar-refractivity contribution is 0.0277. The van der Waals surface area contributed by atoms with E-state index in [1.807, 2.05) is 12.1 Å². The molecule has 3 rings (SSSR count). The fourth-order valence-corrected chi connectivity index (χ4v) is 3.45. The second kappa shape index (κ2) is 7.71. The van der Waals surface area contributed by atoms with Crippen LogP contribution in [-0.2, 0) is 0 Å². The minimum absolute atomic E-state index is 0. The summed E-state index contributed by atoms with van der Waals surface area (Å²) in [6, 6.07) is 6.19. The van der Waals surface area contributed by atoms with Gasteiger partial charge in [0, 0.05) is 49.8 Å². The topological polar surface area (TPSA) is 54.0 Å². The SMILES string of the molecule is CC(C)(CO)[C@@H](c1cccc2c1OCCO2)N1CCNCC1.Cl. The average molecular weight is 343 g/mol. The molecule has 1 atom stereocenters. The highest BCUT2D eigenvalue weighted by atomic mass is 35.5. The average Bonchev–Trinajstić information content (AvgIpc) is 2.56. The quantitative estimate of drug-likeness (QED) is 0.874. The number of benzene rings is 1. The lowest BCUT2D eigenvalue weighted by Gasteiger charge is -2.44. The van der Waals surface area contributed by atoms with Gasteiger partial charge in [-0.1, -0.05) is 26.0 Å². The molecule has 0 saturated carbocycles. The molecule has 130 valence electrons. The third-order valence-electron chi connectivity index (χ3n) is 4.56. The van der Waals surface area contributed by atoms with Crippen LogP contribution < -0.4 is 14.8 Å². The third kappa shape index (κ3) is 3.74. The number of piperazine rings is 1. The molecule has 1 aromatic rings. The van der Waals surface area contributed by atoms with Gasteiger partial charge in [-0.25, -0.2) is 0 Å². The lowest BCUT2D eigenvalue weighted by Crippen LogP contribution is -2.49. The largest absolute Gasteiger partial charge is 0.486 e. The molecule has 0 aliphatic carbocycles. The summed E-state index contributed by atoms with van der Waals surface area (Å²) < 4.78 is 11.6. The molecule has 23 heavy (non-hydrogen) atoms. The van der Waals surface area contributed by atoms with Gasteiger partial charge < -0.3 is 19.9 Å². The minimum Gasteiger partial charge on any atom is -0.486 e. The zero-order valence-corrected chi connectivity index (χ0v) is 14.7. The van der Waals surface area contributed by atoms with E-state index in [-0.39, 0.29) is 30.5 Å². The number of hydrogen-bond donors (Lipinski definition) is 2. The molecule has 2 aliphatic heterocycles. The molecule has 2 heterocycles. The minimum atomic E-state index is -0.257. The molecule has 0 aromatic heterocycles. The van der Waals surface area contributed by atoms with Gasteiger partial charge in [-0.05, 0) is 6.07 Å². The molecule has 2 N–H and O–H groups in total. The van der Waals surface area contributed by atoms with Gasteiger partial charge in [0.05, 0.1) is 0 Å². The van der Waals surface area contributed by atoms with E-state index >= 15 is 0 Å². The van der Waals surface area contributed by atoms with E-state index in [0.717, 1.165) is 43.2 Å². The molecule has 1 aromatic carbocycles. The molecule has 5 nitrogen and oxygen atoms in total. The fourth-order valence-electron chi connectivity index (χ4n) is 3.45. The smallest absolute Gasteiger partial charge is 0.166 e. The van der Waals surface area contributed by atoms with Crippen LogP contribution in [0.2, 0.25) is 0 Å². The third-order valence-corrected chi connectivity index (χ3v) is 4.56. The van der Waals surface area contributed by atoms with Crippen molar-refractivity contribution in [1.29, 1.82) is 0 Å². The summed E-state index contributed by atoms with van der Waals surface area (Å²) in [5.74, 6) is 1.66. The predicted octanol–water partition coefficient (Wildman–Crippen LogP) is 1.84. The molecule has 2 aliphatic rings.